The van der Waals surface area contributed by atoms with Crippen molar-refractivity contribution in [2.75, 3.05) is 20.6 Å². The van der Waals surface area contributed by atoms with Gasteiger partial charge in [0.25, 0.3) is 0 Å². The Morgan fingerprint density at radius 2 is 1.94 bits per heavy atom. The number of nitrogens with zero attached hydrogens (tertiary/aromatic N) is 2. The Balaban J connectivity index is 2.44. The van der Waals surface area contributed by atoms with E-state index in [1.165, 1.54) is 17.7 Å². The summed E-state index contributed by atoms with van der Waals surface area (Å²) in [6.07, 6.45) is 1.23. The van der Waals surface area contributed by atoms with Crippen LogP contribution in [-0.2, 0) is 6.54 Å². The Kier molecular flexibility index (Phi) is 5.82. The molecule has 0 amide bonds. The Bertz CT molecular complexity index is 335. The molecule has 0 saturated heterocycles. The fourth-order valence-corrected chi connectivity index (χ4v) is 2.22. The lowest BCUT2D eigenvalue weighted by Gasteiger charge is -2.26. The minimum Gasteiger partial charge on any atom is -0.311 e. The van der Waals surface area contributed by atoms with Gasteiger partial charge in [-0.05, 0) is 40.3 Å². The van der Waals surface area contributed by atoms with Gasteiger partial charge in [0.1, 0.15) is 0 Å². The van der Waals surface area contributed by atoms with Crippen molar-refractivity contribution in [3.63, 3.8) is 0 Å². The first-order valence-corrected chi connectivity index (χ1v) is 6.79. The quantitative estimate of drug-likeness (QED) is 0.781. The minimum absolute atomic E-state index is 0.595. The smallest absolute Gasteiger partial charge is 0.0638 e. The third-order valence-corrected chi connectivity index (χ3v) is 3.44. The van der Waals surface area contributed by atoms with Crippen LogP contribution in [0.15, 0.2) is 0 Å². The molecule has 1 unspecified atom stereocenters. The summed E-state index contributed by atoms with van der Waals surface area (Å²) < 4.78 is 0. The molecule has 1 heterocycles. The van der Waals surface area contributed by atoms with E-state index in [-0.39, 0.29) is 0 Å². The number of hydrogen-bond acceptors (Lipinski definition) is 3. The number of likely N-dealkylation sites (N-methyl/N-ethyl adjacent to an activating group) is 1. The minimum atomic E-state index is 0.595. The zero-order valence-corrected chi connectivity index (χ0v) is 12.7. The molecule has 1 aromatic heterocycles. The Labute approximate surface area is 111 Å². The highest BCUT2D eigenvalue weighted by molar-refractivity contribution is 5.22. The van der Waals surface area contributed by atoms with E-state index < -0.39 is 0 Å². The van der Waals surface area contributed by atoms with Crippen LogP contribution in [0.5, 0.6) is 0 Å². The fraction of sp³-hybridized carbons (Fsp3) is 0.786. The molecule has 0 aliphatic carbocycles. The van der Waals surface area contributed by atoms with Gasteiger partial charge in [0.15, 0.2) is 0 Å². The lowest BCUT2D eigenvalue weighted by molar-refractivity contribution is 0.246. The van der Waals surface area contributed by atoms with Gasteiger partial charge in [0.05, 0.1) is 5.69 Å². The van der Waals surface area contributed by atoms with Crippen LogP contribution < -0.4 is 5.32 Å². The molecule has 2 N–H and O–H groups in total. The summed E-state index contributed by atoms with van der Waals surface area (Å²) in [4.78, 5) is 2.31. The molecule has 0 aliphatic heterocycles. The first-order valence-electron chi connectivity index (χ1n) is 6.79. The van der Waals surface area contributed by atoms with Crippen LogP contribution in [0.25, 0.3) is 0 Å². The van der Waals surface area contributed by atoms with Gasteiger partial charge in [0.2, 0.25) is 0 Å². The summed E-state index contributed by atoms with van der Waals surface area (Å²) >= 11 is 0. The zero-order valence-electron chi connectivity index (χ0n) is 12.7. The highest BCUT2D eigenvalue weighted by Gasteiger charge is 2.13. The molecule has 0 fully saturated rings. The maximum absolute atomic E-state index is 4.22. The van der Waals surface area contributed by atoms with E-state index in [9.17, 15) is 0 Å². The first-order chi connectivity index (χ1) is 8.41. The average molecular weight is 252 g/mol. The van der Waals surface area contributed by atoms with Crippen LogP contribution in [0.3, 0.4) is 0 Å². The van der Waals surface area contributed by atoms with E-state index in [0.717, 1.165) is 24.7 Å². The summed E-state index contributed by atoms with van der Waals surface area (Å²) in [5, 5.41) is 10.8. The van der Waals surface area contributed by atoms with E-state index in [1.54, 1.807) is 0 Å². The Hall–Kier alpha value is -0.870. The van der Waals surface area contributed by atoms with Gasteiger partial charge >= 0.3 is 0 Å². The van der Waals surface area contributed by atoms with Crippen LogP contribution in [0, 0.1) is 19.8 Å². The van der Waals surface area contributed by atoms with Crippen molar-refractivity contribution < 1.29 is 0 Å². The van der Waals surface area contributed by atoms with E-state index in [0.29, 0.717) is 6.04 Å². The van der Waals surface area contributed by atoms with Gasteiger partial charge in [-0.25, -0.2) is 0 Å². The Morgan fingerprint density at radius 1 is 1.28 bits per heavy atom. The molecule has 0 saturated carbocycles. The number of aryl methyl sites for hydroxylation is 2. The van der Waals surface area contributed by atoms with Crippen LogP contribution >= 0.6 is 0 Å². The lowest BCUT2D eigenvalue weighted by Crippen LogP contribution is -2.38. The third kappa shape index (κ3) is 4.42. The van der Waals surface area contributed by atoms with E-state index in [4.69, 9.17) is 0 Å². The summed E-state index contributed by atoms with van der Waals surface area (Å²) in [6, 6.07) is 0.595. The predicted molar refractivity (Wildman–Crippen MR) is 76.7 cm³/mol. The fourth-order valence-electron chi connectivity index (χ4n) is 2.22. The van der Waals surface area contributed by atoms with Crippen molar-refractivity contribution in [1.29, 1.82) is 0 Å². The van der Waals surface area contributed by atoms with Crippen molar-refractivity contribution in [2.45, 2.75) is 46.7 Å². The third-order valence-electron chi connectivity index (χ3n) is 3.44. The monoisotopic (exact) mass is 252 g/mol. The molecule has 104 valence electrons. The van der Waals surface area contributed by atoms with E-state index in [1.807, 2.05) is 0 Å². The molecule has 0 radical (unpaired) electrons. The van der Waals surface area contributed by atoms with Gasteiger partial charge in [-0.2, -0.15) is 5.10 Å². The summed E-state index contributed by atoms with van der Waals surface area (Å²) in [7, 11) is 4.31. The van der Waals surface area contributed by atoms with E-state index in [2.05, 4.69) is 62.2 Å². The van der Waals surface area contributed by atoms with Gasteiger partial charge in [-0.3, -0.25) is 5.10 Å². The maximum atomic E-state index is 4.22. The normalized spacial score (nSPS) is 13.6. The molecule has 1 rings (SSSR count). The molecular weight excluding hydrogens is 224 g/mol. The van der Waals surface area contributed by atoms with Gasteiger partial charge in [0, 0.05) is 30.4 Å². The molecule has 0 aliphatic rings. The molecule has 18 heavy (non-hydrogen) atoms. The van der Waals surface area contributed by atoms with Crippen molar-refractivity contribution in [2.24, 2.45) is 5.92 Å². The number of hydrogen-bond donors (Lipinski definition) is 2. The number of aromatic nitrogens is 2. The second kappa shape index (κ2) is 6.90. The second-order valence-electron chi connectivity index (χ2n) is 5.79. The Morgan fingerprint density at radius 3 is 2.39 bits per heavy atom. The average Bonchev–Trinajstić information content (AvgIpc) is 2.58. The SMILES string of the molecule is Cc1n[nH]c(C)c1CNCC(CC(C)C)N(C)C. The first kappa shape index (κ1) is 15.2. The number of aromatic amines is 1. The molecule has 0 bridgehead atoms. The highest BCUT2D eigenvalue weighted by atomic mass is 15.1. The standard InChI is InChI=1S/C14H28N4/c1-10(2)7-13(18(5)6)8-15-9-14-11(3)16-17-12(14)4/h10,13,15H,7-9H2,1-6H3,(H,16,17). The summed E-state index contributed by atoms with van der Waals surface area (Å²) in [5.41, 5.74) is 3.58. The number of H-pyrrole nitrogens is 1. The van der Waals surface area contributed by atoms with Crippen LogP contribution in [-0.4, -0.2) is 41.8 Å². The predicted octanol–water partition coefficient (Wildman–Crippen LogP) is 2.09. The van der Waals surface area contributed by atoms with Crippen LogP contribution in [0.4, 0.5) is 0 Å². The van der Waals surface area contributed by atoms with E-state index >= 15 is 0 Å². The lowest BCUT2D eigenvalue weighted by atomic mass is 10.0. The highest BCUT2D eigenvalue weighted by Crippen LogP contribution is 2.10. The van der Waals surface area contributed by atoms with Gasteiger partial charge in [-0.15, -0.1) is 0 Å². The number of nitrogens with one attached hydrogen (secondary N) is 2. The van der Waals surface area contributed by atoms with Gasteiger partial charge < -0.3 is 10.2 Å². The molecule has 1 aromatic rings. The summed E-state index contributed by atoms with van der Waals surface area (Å²) in [5.74, 6) is 0.733. The maximum Gasteiger partial charge on any atom is 0.0638 e. The van der Waals surface area contributed by atoms with Crippen molar-refractivity contribution in [3.05, 3.63) is 17.0 Å². The molecule has 4 heteroatoms. The molecule has 0 spiro atoms. The van der Waals surface area contributed by atoms with Crippen molar-refractivity contribution in [1.82, 2.24) is 20.4 Å². The van der Waals surface area contributed by atoms with Crippen molar-refractivity contribution in [3.8, 4) is 0 Å². The topological polar surface area (TPSA) is 44.0 Å². The number of rotatable bonds is 7. The molecule has 0 aromatic carbocycles. The molecule has 4 nitrogen and oxygen atoms in total. The molecular formula is C14H28N4. The van der Waals surface area contributed by atoms with Crippen LogP contribution in [0.1, 0.15) is 37.2 Å². The van der Waals surface area contributed by atoms with Crippen LogP contribution in [0.2, 0.25) is 0 Å². The van der Waals surface area contributed by atoms with Crippen molar-refractivity contribution >= 4 is 0 Å². The summed E-state index contributed by atoms with van der Waals surface area (Å²) in [6.45, 7) is 10.6. The zero-order chi connectivity index (χ0) is 13.7. The second-order valence-corrected chi connectivity index (χ2v) is 5.79. The molecule has 1 atom stereocenters. The largest absolute Gasteiger partial charge is 0.311 e. The van der Waals surface area contributed by atoms with Gasteiger partial charge in [-0.1, -0.05) is 13.8 Å².